The maximum absolute atomic E-state index is 13.1. The maximum atomic E-state index is 13.1. The lowest BCUT2D eigenvalue weighted by Gasteiger charge is -2.13. The van der Waals surface area contributed by atoms with E-state index in [0.29, 0.717) is 34.1 Å². The highest BCUT2D eigenvalue weighted by molar-refractivity contribution is 6.35. The highest BCUT2D eigenvalue weighted by Crippen LogP contribution is 2.35. The van der Waals surface area contributed by atoms with Gasteiger partial charge >= 0.3 is 6.18 Å². The van der Waals surface area contributed by atoms with Crippen molar-refractivity contribution < 1.29 is 13.2 Å². The molecule has 0 saturated carbocycles. The second-order valence-electron chi connectivity index (χ2n) is 5.47. The summed E-state index contributed by atoms with van der Waals surface area (Å²) in [5.41, 5.74) is 0.702. The molecule has 0 atom stereocenters. The molecule has 0 radical (unpaired) electrons. The van der Waals surface area contributed by atoms with Gasteiger partial charge in [0.05, 0.1) is 11.1 Å². The molecule has 7 heteroatoms. The number of alkyl halides is 3. The number of hydrogen-bond acceptors (Lipinski definition) is 2. The first-order valence-electron chi connectivity index (χ1n) is 7.49. The van der Waals surface area contributed by atoms with Gasteiger partial charge in [-0.2, -0.15) is 13.2 Å². The minimum Gasteiger partial charge on any atom is -0.384 e. The molecule has 2 aromatic carbocycles. The van der Waals surface area contributed by atoms with Crippen LogP contribution in [0.5, 0.6) is 0 Å². The predicted molar refractivity (Wildman–Crippen MR) is 95.4 cm³/mol. The second-order valence-corrected chi connectivity index (χ2v) is 6.31. The molecule has 3 aromatic rings. The van der Waals surface area contributed by atoms with Crippen molar-refractivity contribution in [3.63, 3.8) is 0 Å². The van der Waals surface area contributed by atoms with E-state index >= 15 is 0 Å². The van der Waals surface area contributed by atoms with E-state index in [1.165, 1.54) is 12.3 Å². The molecule has 0 amide bonds. The van der Waals surface area contributed by atoms with Crippen molar-refractivity contribution in [1.29, 1.82) is 0 Å². The molecule has 3 rings (SSSR count). The number of fused-ring (bicyclic) bond motifs is 1. The lowest BCUT2D eigenvalue weighted by molar-refractivity contribution is -0.136. The van der Waals surface area contributed by atoms with Gasteiger partial charge < -0.3 is 5.32 Å². The van der Waals surface area contributed by atoms with Crippen LogP contribution in [0.15, 0.2) is 48.7 Å². The first-order chi connectivity index (χ1) is 11.9. The highest BCUT2D eigenvalue weighted by atomic mass is 35.5. The SMILES string of the molecule is FC(F)(F)c1cccc2c(NCCc3ccc(Cl)cc3Cl)ccnc12. The number of anilines is 1. The lowest BCUT2D eigenvalue weighted by Crippen LogP contribution is -2.09. The summed E-state index contributed by atoms with van der Waals surface area (Å²) in [4.78, 5) is 3.90. The van der Waals surface area contributed by atoms with E-state index in [0.717, 1.165) is 11.6 Å². The number of pyridine rings is 1. The number of aromatic nitrogens is 1. The first kappa shape index (κ1) is 17.8. The van der Waals surface area contributed by atoms with Crippen LogP contribution in [-0.2, 0) is 12.6 Å². The van der Waals surface area contributed by atoms with Gasteiger partial charge in [0, 0.05) is 33.9 Å². The normalized spacial score (nSPS) is 11.7. The average molecular weight is 385 g/mol. The van der Waals surface area contributed by atoms with E-state index in [9.17, 15) is 13.2 Å². The Morgan fingerprint density at radius 1 is 1.04 bits per heavy atom. The van der Waals surface area contributed by atoms with Crippen LogP contribution in [0.4, 0.5) is 18.9 Å². The van der Waals surface area contributed by atoms with Gasteiger partial charge in [0.15, 0.2) is 0 Å². The van der Waals surface area contributed by atoms with Crippen LogP contribution in [-0.4, -0.2) is 11.5 Å². The molecule has 1 aromatic heterocycles. The van der Waals surface area contributed by atoms with Gasteiger partial charge in [-0.05, 0) is 36.2 Å². The third-order valence-electron chi connectivity index (χ3n) is 3.80. The quantitative estimate of drug-likeness (QED) is 0.577. The lowest BCUT2D eigenvalue weighted by atomic mass is 10.1. The molecular weight excluding hydrogens is 372 g/mol. The Balaban J connectivity index is 1.82. The van der Waals surface area contributed by atoms with Crippen LogP contribution in [0.2, 0.25) is 10.0 Å². The van der Waals surface area contributed by atoms with Gasteiger partial charge in [-0.3, -0.25) is 4.98 Å². The van der Waals surface area contributed by atoms with E-state index in [2.05, 4.69) is 10.3 Å². The topological polar surface area (TPSA) is 24.9 Å². The zero-order valence-electron chi connectivity index (χ0n) is 12.9. The van der Waals surface area contributed by atoms with Crippen molar-refractivity contribution in [3.8, 4) is 0 Å². The summed E-state index contributed by atoms with van der Waals surface area (Å²) in [6, 6.07) is 10.9. The highest BCUT2D eigenvalue weighted by Gasteiger charge is 2.33. The maximum Gasteiger partial charge on any atom is 0.418 e. The van der Waals surface area contributed by atoms with Crippen LogP contribution in [0.25, 0.3) is 10.9 Å². The van der Waals surface area contributed by atoms with Gasteiger partial charge in [0.25, 0.3) is 0 Å². The molecule has 0 fully saturated rings. The molecule has 0 spiro atoms. The molecule has 25 heavy (non-hydrogen) atoms. The molecule has 1 N–H and O–H groups in total. The molecule has 0 aliphatic rings. The van der Waals surface area contributed by atoms with E-state index in [4.69, 9.17) is 23.2 Å². The number of benzene rings is 2. The number of nitrogens with zero attached hydrogens (tertiary/aromatic N) is 1. The fourth-order valence-electron chi connectivity index (χ4n) is 2.62. The van der Waals surface area contributed by atoms with Crippen molar-refractivity contribution in [3.05, 3.63) is 69.8 Å². The molecule has 0 aliphatic heterocycles. The summed E-state index contributed by atoms with van der Waals surface area (Å²) in [5.74, 6) is 0. The molecular formula is C18H13Cl2F3N2. The van der Waals surface area contributed by atoms with Gasteiger partial charge in [-0.25, -0.2) is 0 Å². The average Bonchev–Trinajstić information content (AvgIpc) is 2.55. The third-order valence-corrected chi connectivity index (χ3v) is 4.39. The van der Waals surface area contributed by atoms with Gasteiger partial charge in [0.2, 0.25) is 0 Å². The van der Waals surface area contributed by atoms with Crippen molar-refractivity contribution >= 4 is 39.8 Å². The van der Waals surface area contributed by atoms with Gasteiger partial charge in [-0.1, -0.05) is 41.4 Å². The summed E-state index contributed by atoms with van der Waals surface area (Å²) < 4.78 is 39.3. The Morgan fingerprint density at radius 2 is 1.84 bits per heavy atom. The molecule has 130 valence electrons. The summed E-state index contributed by atoms with van der Waals surface area (Å²) in [5, 5.41) is 4.71. The number of halogens is 5. The van der Waals surface area contributed by atoms with E-state index in [-0.39, 0.29) is 5.52 Å². The van der Waals surface area contributed by atoms with Gasteiger partial charge in [-0.15, -0.1) is 0 Å². The number of hydrogen-bond donors (Lipinski definition) is 1. The fourth-order valence-corrected chi connectivity index (χ4v) is 3.12. The standard InChI is InChI=1S/C18H13Cl2F3N2/c19-12-5-4-11(15(20)10-12)6-8-24-16-7-9-25-17-13(16)2-1-3-14(17)18(21,22)23/h1-5,7,9-10H,6,8H2,(H,24,25). The van der Waals surface area contributed by atoms with Crippen LogP contribution < -0.4 is 5.32 Å². The molecule has 0 bridgehead atoms. The largest absolute Gasteiger partial charge is 0.418 e. The van der Waals surface area contributed by atoms with E-state index in [1.54, 1.807) is 24.3 Å². The Kier molecular flexibility index (Phi) is 5.06. The van der Waals surface area contributed by atoms with E-state index in [1.807, 2.05) is 6.07 Å². The minimum absolute atomic E-state index is 0.0653. The van der Waals surface area contributed by atoms with E-state index < -0.39 is 11.7 Å². The number of nitrogens with one attached hydrogen (secondary N) is 1. The first-order valence-corrected chi connectivity index (χ1v) is 8.24. The fraction of sp³-hybridized carbons (Fsp3) is 0.167. The Morgan fingerprint density at radius 3 is 2.56 bits per heavy atom. The molecule has 0 unspecified atom stereocenters. The van der Waals surface area contributed by atoms with Crippen molar-refractivity contribution in [2.45, 2.75) is 12.6 Å². The second kappa shape index (κ2) is 7.10. The smallest absolute Gasteiger partial charge is 0.384 e. The Hall–Kier alpha value is -1.98. The van der Waals surface area contributed by atoms with Crippen LogP contribution in [0, 0.1) is 0 Å². The Bertz CT molecular complexity index is 910. The summed E-state index contributed by atoms with van der Waals surface area (Å²) >= 11 is 12.0. The zero-order chi connectivity index (χ0) is 18.0. The molecule has 0 saturated heterocycles. The Labute approximate surface area is 152 Å². The third kappa shape index (κ3) is 3.99. The minimum atomic E-state index is -4.44. The molecule has 0 aliphatic carbocycles. The van der Waals surface area contributed by atoms with Crippen LogP contribution in [0.1, 0.15) is 11.1 Å². The summed E-state index contributed by atoms with van der Waals surface area (Å²) in [6.07, 6.45) is -2.46. The number of rotatable bonds is 4. The van der Waals surface area contributed by atoms with Crippen molar-refractivity contribution in [2.75, 3.05) is 11.9 Å². The van der Waals surface area contributed by atoms with Crippen LogP contribution >= 0.6 is 23.2 Å². The zero-order valence-corrected chi connectivity index (χ0v) is 14.4. The number of para-hydroxylation sites is 1. The van der Waals surface area contributed by atoms with Crippen molar-refractivity contribution in [2.24, 2.45) is 0 Å². The summed E-state index contributed by atoms with van der Waals surface area (Å²) in [6.45, 7) is 0.511. The van der Waals surface area contributed by atoms with Crippen molar-refractivity contribution in [1.82, 2.24) is 4.98 Å². The van der Waals surface area contributed by atoms with Gasteiger partial charge in [0.1, 0.15) is 0 Å². The van der Waals surface area contributed by atoms with Crippen LogP contribution in [0.3, 0.4) is 0 Å². The monoisotopic (exact) mass is 384 g/mol. The predicted octanol–water partition coefficient (Wildman–Crippen LogP) is 6.22. The summed E-state index contributed by atoms with van der Waals surface area (Å²) in [7, 11) is 0. The molecule has 2 nitrogen and oxygen atoms in total. The molecule has 1 heterocycles.